The summed E-state index contributed by atoms with van der Waals surface area (Å²) < 4.78 is 0. The standard InChI is InChI=1S/C27H29ClN4OS/c1-19-15-20(2)17-22(16-19)26(33)30-27(34)29-23-7-9-24(10-8-23)32-13-11-31(12-14-32)18-21-5-3-4-6-25(21)28/h3-10,15-17H,11-14,18H2,1-2H3,(H2,29,30,33,34). The largest absolute Gasteiger partial charge is 0.369 e. The van der Waals surface area contributed by atoms with Crippen LogP contribution in [0.4, 0.5) is 11.4 Å². The van der Waals surface area contributed by atoms with Gasteiger partial charge < -0.3 is 10.2 Å². The molecule has 0 spiro atoms. The van der Waals surface area contributed by atoms with Crippen LogP contribution in [0.2, 0.25) is 5.02 Å². The number of anilines is 2. The summed E-state index contributed by atoms with van der Waals surface area (Å²) in [6.07, 6.45) is 0. The van der Waals surface area contributed by atoms with Gasteiger partial charge in [0.05, 0.1) is 0 Å². The maximum atomic E-state index is 12.5. The van der Waals surface area contributed by atoms with E-state index in [1.807, 2.05) is 62.4 Å². The van der Waals surface area contributed by atoms with Gasteiger partial charge in [0.15, 0.2) is 5.11 Å². The van der Waals surface area contributed by atoms with Gasteiger partial charge >= 0.3 is 0 Å². The number of hydrogen-bond donors (Lipinski definition) is 2. The highest BCUT2D eigenvalue weighted by Gasteiger charge is 2.18. The van der Waals surface area contributed by atoms with Crippen LogP contribution in [-0.4, -0.2) is 42.1 Å². The van der Waals surface area contributed by atoms with E-state index in [2.05, 4.69) is 38.6 Å². The van der Waals surface area contributed by atoms with Gasteiger partial charge in [0.1, 0.15) is 0 Å². The molecule has 1 amide bonds. The van der Waals surface area contributed by atoms with Crippen LogP contribution in [0.5, 0.6) is 0 Å². The normalized spacial score (nSPS) is 14.0. The molecule has 1 aliphatic rings. The number of halogens is 1. The lowest BCUT2D eigenvalue weighted by molar-refractivity contribution is 0.0977. The number of nitrogens with one attached hydrogen (secondary N) is 2. The van der Waals surface area contributed by atoms with Gasteiger partial charge in [-0.15, -0.1) is 0 Å². The zero-order chi connectivity index (χ0) is 24.1. The Bertz CT molecular complexity index is 1150. The summed E-state index contributed by atoms with van der Waals surface area (Å²) >= 11 is 11.7. The van der Waals surface area contributed by atoms with Crippen LogP contribution in [0.1, 0.15) is 27.0 Å². The molecule has 7 heteroatoms. The number of carbonyl (C=O) groups is 1. The lowest BCUT2D eigenvalue weighted by Crippen LogP contribution is -2.46. The van der Waals surface area contributed by atoms with Crippen molar-refractivity contribution in [1.82, 2.24) is 10.2 Å². The first-order valence-electron chi connectivity index (χ1n) is 11.4. The highest BCUT2D eigenvalue weighted by molar-refractivity contribution is 7.80. The third-order valence-electron chi connectivity index (χ3n) is 5.93. The zero-order valence-corrected chi connectivity index (χ0v) is 21.0. The van der Waals surface area contributed by atoms with E-state index in [0.29, 0.717) is 5.56 Å². The van der Waals surface area contributed by atoms with E-state index >= 15 is 0 Å². The molecule has 4 rings (SSSR count). The molecule has 1 saturated heterocycles. The quantitative estimate of drug-likeness (QED) is 0.466. The number of benzene rings is 3. The maximum absolute atomic E-state index is 12.5. The summed E-state index contributed by atoms with van der Waals surface area (Å²) in [5, 5.41) is 6.98. The van der Waals surface area contributed by atoms with Gasteiger partial charge in [-0.3, -0.25) is 15.0 Å². The van der Waals surface area contributed by atoms with Crippen LogP contribution in [0.3, 0.4) is 0 Å². The third kappa shape index (κ3) is 6.35. The summed E-state index contributed by atoms with van der Waals surface area (Å²) in [6.45, 7) is 8.71. The molecule has 3 aromatic rings. The summed E-state index contributed by atoms with van der Waals surface area (Å²) in [5.41, 5.74) is 5.88. The van der Waals surface area contributed by atoms with Gasteiger partial charge in [0.2, 0.25) is 0 Å². The summed E-state index contributed by atoms with van der Waals surface area (Å²) in [6, 6.07) is 21.9. The molecule has 1 fully saturated rings. The SMILES string of the molecule is Cc1cc(C)cc(C(=O)NC(=S)Nc2ccc(N3CCN(Cc4ccccc4Cl)CC3)cc2)c1. The van der Waals surface area contributed by atoms with Crippen molar-refractivity contribution in [2.45, 2.75) is 20.4 Å². The lowest BCUT2D eigenvalue weighted by Gasteiger charge is -2.36. The summed E-state index contributed by atoms with van der Waals surface area (Å²) in [4.78, 5) is 17.3. The molecule has 34 heavy (non-hydrogen) atoms. The number of hydrogen-bond acceptors (Lipinski definition) is 4. The van der Waals surface area contributed by atoms with Gasteiger partial charge in [-0.25, -0.2) is 0 Å². The molecule has 0 atom stereocenters. The molecule has 3 aromatic carbocycles. The molecular weight excluding hydrogens is 464 g/mol. The average Bonchev–Trinajstić information content (AvgIpc) is 2.81. The van der Waals surface area contributed by atoms with E-state index in [1.54, 1.807) is 0 Å². The average molecular weight is 493 g/mol. The third-order valence-corrected chi connectivity index (χ3v) is 6.50. The highest BCUT2D eigenvalue weighted by atomic mass is 35.5. The highest BCUT2D eigenvalue weighted by Crippen LogP contribution is 2.22. The van der Waals surface area contributed by atoms with Crippen LogP contribution in [0.25, 0.3) is 0 Å². The van der Waals surface area contributed by atoms with Crippen molar-refractivity contribution in [1.29, 1.82) is 0 Å². The van der Waals surface area contributed by atoms with Crippen molar-refractivity contribution in [2.24, 2.45) is 0 Å². The Hall–Kier alpha value is -2.93. The second kappa shape index (κ2) is 11.0. The van der Waals surface area contributed by atoms with Gasteiger partial charge in [0, 0.05) is 54.7 Å². The van der Waals surface area contributed by atoms with E-state index in [-0.39, 0.29) is 11.0 Å². The predicted octanol–water partition coefficient (Wildman–Crippen LogP) is 5.41. The van der Waals surface area contributed by atoms with Crippen LogP contribution < -0.4 is 15.5 Å². The van der Waals surface area contributed by atoms with Crippen molar-refractivity contribution in [3.8, 4) is 0 Å². The molecule has 0 bridgehead atoms. The fraction of sp³-hybridized carbons (Fsp3) is 0.259. The van der Waals surface area contributed by atoms with Crippen molar-refractivity contribution in [3.63, 3.8) is 0 Å². The maximum Gasteiger partial charge on any atom is 0.257 e. The van der Waals surface area contributed by atoms with E-state index in [4.69, 9.17) is 23.8 Å². The summed E-state index contributed by atoms with van der Waals surface area (Å²) in [5.74, 6) is -0.212. The Morgan fingerprint density at radius 1 is 0.941 bits per heavy atom. The first-order chi connectivity index (χ1) is 16.4. The van der Waals surface area contributed by atoms with Crippen molar-refractivity contribution in [3.05, 3.63) is 94.0 Å². The second-order valence-electron chi connectivity index (χ2n) is 8.69. The van der Waals surface area contributed by atoms with Gasteiger partial charge in [-0.2, -0.15) is 0 Å². The minimum Gasteiger partial charge on any atom is -0.369 e. The van der Waals surface area contributed by atoms with Crippen molar-refractivity contribution < 1.29 is 4.79 Å². The van der Waals surface area contributed by atoms with Gasteiger partial charge in [0.25, 0.3) is 5.91 Å². The molecule has 176 valence electrons. The van der Waals surface area contributed by atoms with Crippen LogP contribution in [0.15, 0.2) is 66.7 Å². The van der Waals surface area contributed by atoms with Crippen molar-refractivity contribution in [2.75, 3.05) is 36.4 Å². The fourth-order valence-electron chi connectivity index (χ4n) is 4.23. The molecular formula is C27H29ClN4OS. The van der Waals surface area contributed by atoms with E-state index < -0.39 is 0 Å². The molecule has 5 nitrogen and oxygen atoms in total. The minimum absolute atomic E-state index is 0.212. The number of amides is 1. The fourth-order valence-corrected chi connectivity index (χ4v) is 4.64. The van der Waals surface area contributed by atoms with Crippen LogP contribution >= 0.6 is 23.8 Å². The van der Waals surface area contributed by atoms with Crippen molar-refractivity contribution >= 4 is 46.2 Å². The number of thiocarbonyl (C=S) groups is 1. The Kier molecular flexibility index (Phi) is 7.83. The number of rotatable bonds is 5. The lowest BCUT2D eigenvalue weighted by atomic mass is 10.1. The predicted molar refractivity (Wildman–Crippen MR) is 145 cm³/mol. The van der Waals surface area contributed by atoms with E-state index in [1.165, 1.54) is 11.3 Å². The molecule has 1 heterocycles. The molecule has 1 aliphatic heterocycles. The number of aryl methyl sites for hydroxylation is 2. The van der Waals surface area contributed by atoms with Gasteiger partial charge in [-0.1, -0.05) is 47.0 Å². The van der Waals surface area contributed by atoms with Crippen LogP contribution in [-0.2, 0) is 6.54 Å². The second-order valence-corrected chi connectivity index (χ2v) is 9.50. The molecule has 0 unspecified atom stereocenters. The Balaban J connectivity index is 1.27. The zero-order valence-electron chi connectivity index (χ0n) is 19.5. The molecule has 2 N–H and O–H groups in total. The Morgan fingerprint density at radius 3 is 2.24 bits per heavy atom. The number of nitrogens with zero attached hydrogens (tertiary/aromatic N) is 2. The Morgan fingerprint density at radius 2 is 1.59 bits per heavy atom. The monoisotopic (exact) mass is 492 g/mol. The summed E-state index contributed by atoms with van der Waals surface area (Å²) in [7, 11) is 0. The van der Waals surface area contributed by atoms with E-state index in [0.717, 1.165) is 54.6 Å². The molecule has 0 aliphatic carbocycles. The topological polar surface area (TPSA) is 47.6 Å². The minimum atomic E-state index is -0.212. The first-order valence-corrected chi connectivity index (χ1v) is 12.2. The smallest absolute Gasteiger partial charge is 0.257 e. The first kappa shape index (κ1) is 24.2. The number of piperazine rings is 1. The Labute approximate surface area is 211 Å². The molecule has 0 saturated carbocycles. The number of carbonyl (C=O) groups excluding carboxylic acids is 1. The van der Waals surface area contributed by atoms with Crippen LogP contribution in [0, 0.1) is 13.8 Å². The van der Waals surface area contributed by atoms with E-state index in [9.17, 15) is 4.79 Å². The molecule has 0 aromatic heterocycles. The van der Waals surface area contributed by atoms with Gasteiger partial charge in [-0.05, 0) is 74.1 Å². The molecule has 0 radical (unpaired) electrons.